The summed E-state index contributed by atoms with van der Waals surface area (Å²) < 4.78 is 53.0. The Morgan fingerprint density at radius 3 is 2.48 bits per heavy atom. The van der Waals surface area contributed by atoms with Crippen LogP contribution in [0.2, 0.25) is 0 Å². The van der Waals surface area contributed by atoms with E-state index in [0.717, 1.165) is 30.7 Å². The minimum absolute atomic E-state index is 0.0805. The average Bonchev–Trinajstić information content (AvgIpc) is 3.41. The number of aromatic nitrogens is 1. The molecule has 5 nitrogen and oxygen atoms in total. The number of thiazole rings is 1. The fourth-order valence-electron chi connectivity index (χ4n) is 4.38. The third-order valence-corrected chi connectivity index (χ3v) is 9.50. The van der Waals surface area contributed by atoms with Crippen molar-refractivity contribution in [1.29, 1.82) is 0 Å². The van der Waals surface area contributed by atoms with E-state index in [1.807, 2.05) is 13.1 Å². The van der Waals surface area contributed by atoms with Crippen LogP contribution in [0.1, 0.15) is 99.4 Å². The van der Waals surface area contributed by atoms with Crippen molar-refractivity contribution < 1.29 is 22.4 Å². The van der Waals surface area contributed by atoms with Gasteiger partial charge >= 0.3 is 6.18 Å². The van der Waals surface area contributed by atoms with Crippen LogP contribution in [0.25, 0.3) is 0 Å². The highest BCUT2D eigenvalue weighted by Gasteiger charge is 2.35. The Morgan fingerprint density at radius 1 is 1.19 bits per heavy atom. The molecule has 0 saturated heterocycles. The molecule has 1 fully saturated rings. The second-order valence-corrected chi connectivity index (χ2v) is 13.4. The number of anilines is 1. The molecule has 0 spiro atoms. The maximum absolute atomic E-state index is 14.7. The number of amides is 1. The number of allylic oxidation sites excluding steroid dienone is 3. The van der Waals surface area contributed by atoms with Gasteiger partial charge in [-0.3, -0.25) is 15.1 Å². The van der Waals surface area contributed by atoms with E-state index >= 15 is 0 Å². The Morgan fingerprint density at radius 2 is 1.93 bits per heavy atom. The summed E-state index contributed by atoms with van der Waals surface area (Å²) in [6.45, 7) is 10.5. The molecule has 230 valence electrons. The van der Waals surface area contributed by atoms with Crippen LogP contribution in [-0.4, -0.2) is 22.9 Å². The van der Waals surface area contributed by atoms with Crippen LogP contribution < -0.4 is 10.6 Å². The van der Waals surface area contributed by atoms with Crippen molar-refractivity contribution in [3.8, 4) is 0 Å². The molecule has 2 heterocycles. The van der Waals surface area contributed by atoms with Gasteiger partial charge in [-0.25, -0.2) is 9.37 Å². The molecule has 1 aliphatic carbocycles. The van der Waals surface area contributed by atoms with E-state index in [9.17, 15) is 22.4 Å². The van der Waals surface area contributed by atoms with Gasteiger partial charge in [-0.15, -0.1) is 11.3 Å². The second-order valence-electron chi connectivity index (χ2n) is 11.0. The van der Waals surface area contributed by atoms with Crippen LogP contribution in [0.3, 0.4) is 0 Å². The maximum Gasteiger partial charge on any atom is 0.443 e. The highest BCUT2D eigenvalue weighted by atomic mass is 32.1. The summed E-state index contributed by atoms with van der Waals surface area (Å²) in [5.74, 6) is 0.368. The number of rotatable bonds is 9. The Balaban J connectivity index is 0.000000715. The highest BCUT2D eigenvalue weighted by molar-refractivity contribution is 7.45. The third kappa shape index (κ3) is 10.1. The molecule has 1 aliphatic heterocycles. The number of halogens is 4. The number of hydrogen-bond acceptors (Lipinski definition) is 5. The lowest BCUT2D eigenvalue weighted by molar-refractivity contribution is -0.137. The van der Waals surface area contributed by atoms with E-state index in [4.69, 9.17) is 0 Å². The fraction of sp³-hybridized carbons (Fsp3) is 0.516. The summed E-state index contributed by atoms with van der Waals surface area (Å²) in [5, 5.41) is 6.01. The van der Waals surface area contributed by atoms with Crippen LogP contribution in [0.4, 0.5) is 23.2 Å². The number of aliphatic imine (C=N–C) groups is 1. The quantitative estimate of drug-likeness (QED) is 0.216. The Bertz CT molecular complexity index is 1280. The predicted octanol–water partition coefficient (Wildman–Crippen LogP) is 9.71. The van der Waals surface area contributed by atoms with E-state index in [0.29, 0.717) is 20.1 Å². The number of benzene rings is 1. The molecular formula is C31H41F4N4OPS. The zero-order valence-electron chi connectivity index (χ0n) is 24.8. The van der Waals surface area contributed by atoms with Gasteiger partial charge in [0.1, 0.15) is 10.7 Å². The first-order chi connectivity index (χ1) is 19.9. The molecule has 1 saturated carbocycles. The number of carbonyl (C=O) groups is 1. The van der Waals surface area contributed by atoms with E-state index < -0.39 is 29.0 Å². The summed E-state index contributed by atoms with van der Waals surface area (Å²) in [6.07, 6.45) is 10.2. The Kier molecular flexibility index (Phi) is 12.9. The van der Waals surface area contributed by atoms with Crippen molar-refractivity contribution in [3.05, 3.63) is 68.8 Å². The van der Waals surface area contributed by atoms with Gasteiger partial charge in [-0.1, -0.05) is 74.1 Å². The molecule has 11 heteroatoms. The van der Waals surface area contributed by atoms with Crippen LogP contribution in [0, 0.1) is 17.7 Å². The molecular weight excluding hydrogens is 583 g/mol. The highest BCUT2D eigenvalue weighted by Crippen LogP contribution is 2.39. The zero-order valence-corrected chi connectivity index (χ0v) is 26.6. The fourth-order valence-corrected chi connectivity index (χ4v) is 6.42. The minimum atomic E-state index is -4.62. The predicted molar refractivity (Wildman–Crippen MR) is 167 cm³/mol. The molecule has 2 aromatic rings. The SMILES string of the molecule is CC/C=C1/N=CC(NC(C)c2cc(NC(=O)c3cnc(C(F)(F)F)s3)ccc2F)P/C1=C\CC(C)C.CCC1CCC1. The summed E-state index contributed by atoms with van der Waals surface area (Å²) in [5.41, 5.74) is 1.58. The average molecular weight is 625 g/mol. The van der Waals surface area contributed by atoms with Crippen LogP contribution in [0.5, 0.6) is 0 Å². The molecule has 0 bridgehead atoms. The van der Waals surface area contributed by atoms with Crippen LogP contribution >= 0.6 is 19.9 Å². The van der Waals surface area contributed by atoms with Gasteiger partial charge in [0.25, 0.3) is 5.91 Å². The van der Waals surface area contributed by atoms with Gasteiger partial charge < -0.3 is 5.32 Å². The van der Waals surface area contributed by atoms with E-state index in [1.165, 1.54) is 49.2 Å². The van der Waals surface area contributed by atoms with Crippen molar-refractivity contribution in [2.24, 2.45) is 16.8 Å². The number of nitrogens with zero attached hydrogens (tertiary/aromatic N) is 2. The molecule has 0 radical (unpaired) electrons. The van der Waals surface area contributed by atoms with Crippen LogP contribution in [0.15, 0.2) is 52.6 Å². The third-order valence-electron chi connectivity index (χ3n) is 7.06. The maximum atomic E-state index is 14.7. The van der Waals surface area contributed by atoms with Crippen molar-refractivity contribution in [2.75, 3.05) is 5.32 Å². The van der Waals surface area contributed by atoms with Gasteiger partial charge in [0, 0.05) is 23.5 Å². The topological polar surface area (TPSA) is 66.4 Å². The van der Waals surface area contributed by atoms with Gasteiger partial charge in [0.2, 0.25) is 0 Å². The first-order valence-electron chi connectivity index (χ1n) is 14.5. The molecule has 1 amide bonds. The lowest BCUT2D eigenvalue weighted by Crippen LogP contribution is -2.31. The number of hydrogen-bond donors (Lipinski definition) is 2. The van der Waals surface area contributed by atoms with Gasteiger partial charge in [0.05, 0.1) is 17.7 Å². The normalized spacial score (nSPS) is 20.5. The summed E-state index contributed by atoms with van der Waals surface area (Å²) in [7, 11) is 0.423. The summed E-state index contributed by atoms with van der Waals surface area (Å²) >= 11 is 0.255. The summed E-state index contributed by atoms with van der Waals surface area (Å²) in [4.78, 5) is 20.1. The smallest absolute Gasteiger partial charge is 0.321 e. The van der Waals surface area contributed by atoms with E-state index in [-0.39, 0.29) is 27.7 Å². The largest absolute Gasteiger partial charge is 0.443 e. The lowest BCUT2D eigenvalue weighted by Gasteiger charge is -2.26. The molecule has 4 rings (SSSR count). The molecule has 1 aromatic carbocycles. The van der Waals surface area contributed by atoms with E-state index in [2.05, 4.69) is 60.5 Å². The van der Waals surface area contributed by atoms with E-state index in [1.54, 1.807) is 0 Å². The monoisotopic (exact) mass is 624 g/mol. The van der Waals surface area contributed by atoms with Crippen molar-refractivity contribution in [3.63, 3.8) is 0 Å². The van der Waals surface area contributed by atoms with Crippen molar-refractivity contribution >= 4 is 37.7 Å². The van der Waals surface area contributed by atoms with Gasteiger partial charge in [-0.05, 0) is 55.1 Å². The first kappa shape index (κ1) is 34.1. The molecule has 3 atom stereocenters. The minimum Gasteiger partial charge on any atom is -0.321 e. The van der Waals surface area contributed by atoms with Gasteiger partial charge in [0.15, 0.2) is 5.01 Å². The van der Waals surface area contributed by atoms with Gasteiger partial charge in [-0.2, -0.15) is 13.2 Å². The molecule has 2 N–H and O–H groups in total. The zero-order chi connectivity index (χ0) is 30.9. The molecule has 42 heavy (non-hydrogen) atoms. The Hall–Kier alpha value is -2.42. The summed E-state index contributed by atoms with van der Waals surface area (Å²) in [6, 6.07) is 3.67. The number of nitrogens with one attached hydrogen (secondary N) is 2. The molecule has 2 aliphatic rings. The lowest BCUT2D eigenvalue weighted by atomic mass is 9.84. The number of alkyl halides is 3. The Labute approximate surface area is 252 Å². The molecule has 1 aromatic heterocycles. The van der Waals surface area contributed by atoms with Crippen molar-refractivity contribution in [2.45, 2.75) is 91.1 Å². The molecule has 3 unspecified atom stereocenters. The second kappa shape index (κ2) is 15.9. The number of carbonyl (C=O) groups excluding carboxylic acids is 1. The first-order valence-corrected chi connectivity index (χ1v) is 16.4. The van der Waals surface area contributed by atoms with Crippen LogP contribution in [-0.2, 0) is 6.18 Å². The van der Waals surface area contributed by atoms with Crippen molar-refractivity contribution in [1.82, 2.24) is 10.3 Å². The standard InChI is InChI=1S/C25H29F4N4OPS.C6H12/c1-5-6-19-20(10-7-14(2)3)35-22(13-30-19)32-15(4)17-11-16(8-9-18(17)26)33-23(34)21-12-31-24(36-21)25(27,28)29;1-2-6-4-3-5-6/h6,8-15,22,32,35H,5,7H2,1-4H3,(H,33,34);6H,2-5H2,1H3/b19-6+,20-10-;.